The summed E-state index contributed by atoms with van der Waals surface area (Å²) in [7, 11) is 0. The number of nitrogens with one attached hydrogen (secondary N) is 1. The molecule has 0 heterocycles. The van der Waals surface area contributed by atoms with Crippen molar-refractivity contribution < 1.29 is 28.2 Å². The predicted octanol–water partition coefficient (Wildman–Crippen LogP) is 3.22. The standard InChI is InChI=1S/C17H29F2NO4/c1-4-16(5-2,14(21)22)11-20-13-9-7-8-12(10-13)17(18,19)15(23)24-6-3/h12-13,20H,4-11H2,1-3H3,(H,21,22). The summed E-state index contributed by atoms with van der Waals surface area (Å²) in [6.07, 6.45) is 2.65. The molecular weight excluding hydrogens is 320 g/mol. The number of rotatable bonds is 9. The quantitative estimate of drug-likeness (QED) is 0.625. The van der Waals surface area contributed by atoms with Gasteiger partial charge in [0.25, 0.3) is 0 Å². The fourth-order valence-electron chi connectivity index (χ4n) is 3.32. The minimum absolute atomic E-state index is 0.0725. The van der Waals surface area contributed by atoms with E-state index in [1.54, 1.807) is 0 Å². The van der Waals surface area contributed by atoms with Crippen molar-refractivity contribution >= 4 is 11.9 Å². The van der Waals surface area contributed by atoms with Gasteiger partial charge >= 0.3 is 17.9 Å². The van der Waals surface area contributed by atoms with Crippen molar-refractivity contribution in [3.63, 3.8) is 0 Å². The van der Waals surface area contributed by atoms with Crippen LogP contribution in [0.1, 0.15) is 59.3 Å². The lowest BCUT2D eigenvalue weighted by molar-refractivity contribution is -0.182. The topological polar surface area (TPSA) is 75.6 Å². The zero-order chi connectivity index (χ0) is 18.4. The molecule has 0 aromatic heterocycles. The average molecular weight is 349 g/mol. The number of halogens is 2. The van der Waals surface area contributed by atoms with Gasteiger partial charge in [-0.05, 0) is 39.0 Å². The third-order valence-corrected chi connectivity index (χ3v) is 5.27. The molecule has 5 nitrogen and oxygen atoms in total. The van der Waals surface area contributed by atoms with Crippen LogP contribution in [-0.4, -0.2) is 42.2 Å². The summed E-state index contributed by atoms with van der Waals surface area (Å²) in [5, 5.41) is 12.6. The van der Waals surface area contributed by atoms with Crippen molar-refractivity contribution in [2.75, 3.05) is 13.2 Å². The lowest BCUT2D eigenvalue weighted by Crippen LogP contribution is -2.48. The van der Waals surface area contributed by atoms with E-state index in [0.717, 1.165) is 0 Å². The molecule has 0 amide bonds. The maximum atomic E-state index is 14.2. The molecule has 1 aliphatic rings. The van der Waals surface area contributed by atoms with E-state index in [4.69, 9.17) is 0 Å². The molecule has 0 aromatic rings. The average Bonchev–Trinajstić information content (AvgIpc) is 2.56. The van der Waals surface area contributed by atoms with Crippen molar-refractivity contribution in [3.05, 3.63) is 0 Å². The number of aliphatic carboxylic acids is 1. The van der Waals surface area contributed by atoms with Crippen LogP contribution in [0.4, 0.5) is 8.78 Å². The Hall–Kier alpha value is -1.24. The maximum Gasteiger partial charge on any atom is 0.377 e. The number of carbonyl (C=O) groups is 2. The fourth-order valence-corrected chi connectivity index (χ4v) is 3.32. The summed E-state index contributed by atoms with van der Waals surface area (Å²) in [5.74, 6) is -6.89. The number of esters is 1. The highest BCUT2D eigenvalue weighted by Crippen LogP contribution is 2.38. The van der Waals surface area contributed by atoms with Crippen LogP contribution in [0.25, 0.3) is 0 Å². The molecule has 2 atom stereocenters. The number of carboxylic acids is 1. The molecule has 0 aromatic carbocycles. The molecule has 0 spiro atoms. The SMILES string of the molecule is CCOC(=O)C(F)(F)C1CCCC(NCC(CC)(CC)C(=O)O)C1. The van der Waals surface area contributed by atoms with Gasteiger partial charge in [0.2, 0.25) is 0 Å². The Labute approximate surface area is 142 Å². The second-order valence-electron chi connectivity index (χ2n) is 6.58. The monoisotopic (exact) mass is 349 g/mol. The summed E-state index contributed by atoms with van der Waals surface area (Å²) in [6.45, 7) is 5.31. The van der Waals surface area contributed by atoms with Crippen LogP contribution in [0.5, 0.6) is 0 Å². The van der Waals surface area contributed by atoms with Crippen LogP contribution in [0.2, 0.25) is 0 Å². The lowest BCUT2D eigenvalue weighted by Gasteiger charge is -2.36. The Balaban J connectivity index is 2.69. The minimum Gasteiger partial charge on any atom is -0.481 e. The highest BCUT2D eigenvalue weighted by atomic mass is 19.3. The van der Waals surface area contributed by atoms with Crippen LogP contribution >= 0.6 is 0 Å². The molecule has 1 aliphatic carbocycles. The second kappa shape index (κ2) is 8.74. The Kier molecular flexibility index (Phi) is 7.57. The summed E-state index contributed by atoms with van der Waals surface area (Å²) in [4.78, 5) is 23.0. The van der Waals surface area contributed by atoms with Crippen LogP contribution in [-0.2, 0) is 14.3 Å². The molecule has 1 saturated carbocycles. The summed E-state index contributed by atoms with van der Waals surface area (Å²) < 4.78 is 32.9. The normalized spacial score (nSPS) is 22.2. The van der Waals surface area contributed by atoms with Crippen molar-refractivity contribution in [2.45, 2.75) is 71.3 Å². The molecule has 7 heteroatoms. The van der Waals surface area contributed by atoms with Gasteiger partial charge in [-0.2, -0.15) is 8.78 Å². The summed E-state index contributed by atoms with van der Waals surface area (Å²) in [6, 6.07) is -0.208. The number of ether oxygens (including phenoxy) is 1. The molecule has 140 valence electrons. The van der Waals surface area contributed by atoms with Gasteiger partial charge in [0.15, 0.2) is 0 Å². The van der Waals surface area contributed by atoms with Gasteiger partial charge in [-0.1, -0.05) is 20.3 Å². The largest absolute Gasteiger partial charge is 0.481 e. The molecule has 1 fully saturated rings. The fraction of sp³-hybridized carbons (Fsp3) is 0.882. The van der Waals surface area contributed by atoms with E-state index >= 15 is 0 Å². The maximum absolute atomic E-state index is 14.2. The van der Waals surface area contributed by atoms with E-state index in [2.05, 4.69) is 10.1 Å². The predicted molar refractivity (Wildman–Crippen MR) is 86.0 cm³/mol. The molecule has 0 bridgehead atoms. The highest BCUT2D eigenvalue weighted by Gasteiger charge is 2.50. The van der Waals surface area contributed by atoms with E-state index in [0.29, 0.717) is 25.7 Å². The molecule has 0 aliphatic heterocycles. The second-order valence-corrected chi connectivity index (χ2v) is 6.58. The summed E-state index contributed by atoms with van der Waals surface area (Å²) in [5.41, 5.74) is -0.878. The van der Waals surface area contributed by atoms with Gasteiger partial charge in [-0.25, -0.2) is 4.79 Å². The van der Waals surface area contributed by atoms with Crippen molar-refractivity contribution in [3.8, 4) is 0 Å². The van der Waals surface area contributed by atoms with Gasteiger partial charge in [0, 0.05) is 18.5 Å². The van der Waals surface area contributed by atoms with Gasteiger partial charge < -0.3 is 15.2 Å². The van der Waals surface area contributed by atoms with Gasteiger partial charge in [0.1, 0.15) is 0 Å². The summed E-state index contributed by atoms with van der Waals surface area (Å²) >= 11 is 0. The number of hydrogen-bond donors (Lipinski definition) is 2. The highest BCUT2D eigenvalue weighted by molar-refractivity contribution is 5.78. The van der Waals surface area contributed by atoms with Gasteiger partial charge in [-0.3, -0.25) is 4.79 Å². The minimum atomic E-state index is -3.49. The first-order chi connectivity index (χ1) is 11.2. The van der Waals surface area contributed by atoms with E-state index in [1.807, 2.05) is 13.8 Å². The smallest absolute Gasteiger partial charge is 0.377 e. The Morgan fingerprint density at radius 3 is 2.33 bits per heavy atom. The third kappa shape index (κ3) is 4.65. The Morgan fingerprint density at radius 2 is 1.83 bits per heavy atom. The first kappa shape index (κ1) is 20.8. The van der Waals surface area contributed by atoms with Gasteiger partial charge in [0.05, 0.1) is 12.0 Å². The lowest BCUT2D eigenvalue weighted by atomic mass is 9.79. The molecule has 0 saturated heterocycles. The van der Waals surface area contributed by atoms with E-state index in [-0.39, 0.29) is 32.0 Å². The first-order valence-corrected chi connectivity index (χ1v) is 8.75. The van der Waals surface area contributed by atoms with E-state index in [1.165, 1.54) is 6.92 Å². The van der Waals surface area contributed by atoms with Gasteiger partial charge in [-0.15, -0.1) is 0 Å². The Bertz CT molecular complexity index is 438. The molecular formula is C17H29F2NO4. The van der Waals surface area contributed by atoms with Crippen LogP contribution in [0.15, 0.2) is 0 Å². The van der Waals surface area contributed by atoms with E-state index in [9.17, 15) is 23.5 Å². The zero-order valence-electron chi connectivity index (χ0n) is 14.7. The molecule has 24 heavy (non-hydrogen) atoms. The molecule has 2 unspecified atom stereocenters. The zero-order valence-corrected chi connectivity index (χ0v) is 14.7. The number of alkyl halides is 2. The van der Waals surface area contributed by atoms with Crippen molar-refractivity contribution in [2.24, 2.45) is 11.3 Å². The van der Waals surface area contributed by atoms with Crippen molar-refractivity contribution in [1.82, 2.24) is 5.32 Å². The molecule has 0 radical (unpaired) electrons. The first-order valence-electron chi connectivity index (χ1n) is 8.75. The number of hydrogen-bond acceptors (Lipinski definition) is 4. The number of carbonyl (C=O) groups excluding carboxylic acids is 1. The van der Waals surface area contributed by atoms with Crippen LogP contribution in [0.3, 0.4) is 0 Å². The van der Waals surface area contributed by atoms with E-state index < -0.39 is 29.2 Å². The Morgan fingerprint density at radius 1 is 1.21 bits per heavy atom. The van der Waals surface area contributed by atoms with Crippen LogP contribution < -0.4 is 5.32 Å². The molecule has 2 N–H and O–H groups in total. The molecule has 1 rings (SSSR count). The van der Waals surface area contributed by atoms with Crippen LogP contribution in [0, 0.1) is 11.3 Å². The number of carboxylic acid groups (broad SMARTS) is 1. The van der Waals surface area contributed by atoms with Crippen molar-refractivity contribution in [1.29, 1.82) is 0 Å². The third-order valence-electron chi connectivity index (χ3n) is 5.27.